The lowest BCUT2D eigenvalue weighted by Crippen LogP contribution is -2.09. The van der Waals surface area contributed by atoms with Crippen LogP contribution in [0, 0.1) is 6.92 Å². The maximum atomic E-state index is 11.5. The number of hydrogen-bond donors (Lipinski definition) is 0. The van der Waals surface area contributed by atoms with Crippen LogP contribution in [-0.4, -0.2) is 15.5 Å². The highest BCUT2D eigenvalue weighted by Crippen LogP contribution is 2.15. The van der Waals surface area contributed by atoms with Crippen LogP contribution in [-0.2, 0) is 29.6 Å². The molecular formula is C17H20N2O2. The minimum absolute atomic E-state index is 0.218. The van der Waals surface area contributed by atoms with Crippen molar-refractivity contribution in [1.29, 1.82) is 0 Å². The van der Waals surface area contributed by atoms with E-state index >= 15 is 0 Å². The standard InChI is InChI=1S/C17H20N2O2/c1-12(2)17(20)21-11-15-13(3)18-16(19(15)4)10-14-8-6-5-7-9-14/h5-9H,1,10-11H2,2-4H3. The van der Waals surface area contributed by atoms with E-state index in [-0.39, 0.29) is 12.6 Å². The number of hydrogen-bond acceptors (Lipinski definition) is 3. The molecule has 1 aromatic carbocycles. The molecule has 0 aliphatic heterocycles. The van der Waals surface area contributed by atoms with Crippen LogP contribution in [0.2, 0.25) is 0 Å². The quantitative estimate of drug-likeness (QED) is 0.626. The Labute approximate surface area is 125 Å². The first kappa shape index (κ1) is 15.0. The largest absolute Gasteiger partial charge is 0.456 e. The first-order valence-electron chi connectivity index (χ1n) is 6.86. The predicted octanol–water partition coefficient (Wildman–Crippen LogP) is 2.94. The molecule has 0 N–H and O–H groups in total. The van der Waals surface area contributed by atoms with E-state index in [0.29, 0.717) is 5.57 Å². The van der Waals surface area contributed by atoms with E-state index in [4.69, 9.17) is 4.74 Å². The SMILES string of the molecule is C=C(C)C(=O)OCc1c(C)nc(Cc2ccccc2)n1C. The molecule has 0 amide bonds. The van der Waals surface area contributed by atoms with E-state index in [0.717, 1.165) is 23.6 Å². The van der Waals surface area contributed by atoms with Gasteiger partial charge in [-0.15, -0.1) is 0 Å². The molecule has 1 heterocycles. The summed E-state index contributed by atoms with van der Waals surface area (Å²) in [6.45, 7) is 7.36. The molecule has 1 aromatic heterocycles. The van der Waals surface area contributed by atoms with E-state index in [9.17, 15) is 4.79 Å². The Morgan fingerprint density at radius 3 is 2.62 bits per heavy atom. The van der Waals surface area contributed by atoms with Crippen LogP contribution in [0.3, 0.4) is 0 Å². The topological polar surface area (TPSA) is 44.1 Å². The summed E-state index contributed by atoms with van der Waals surface area (Å²) in [5, 5.41) is 0. The highest BCUT2D eigenvalue weighted by molar-refractivity contribution is 5.86. The van der Waals surface area contributed by atoms with Gasteiger partial charge in [0.25, 0.3) is 0 Å². The molecule has 0 unspecified atom stereocenters. The normalized spacial score (nSPS) is 10.4. The summed E-state index contributed by atoms with van der Waals surface area (Å²) >= 11 is 0. The zero-order valence-corrected chi connectivity index (χ0v) is 12.7. The fourth-order valence-electron chi connectivity index (χ4n) is 2.13. The fraction of sp³-hybridized carbons (Fsp3) is 0.294. The van der Waals surface area contributed by atoms with E-state index < -0.39 is 0 Å². The Balaban J connectivity index is 2.14. The van der Waals surface area contributed by atoms with Gasteiger partial charge in [-0.1, -0.05) is 36.9 Å². The van der Waals surface area contributed by atoms with Crippen molar-refractivity contribution in [2.75, 3.05) is 0 Å². The van der Waals surface area contributed by atoms with Crippen molar-refractivity contribution in [3.63, 3.8) is 0 Å². The number of rotatable bonds is 5. The molecule has 0 spiro atoms. The third-order valence-corrected chi connectivity index (χ3v) is 3.40. The zero-order chi connectivity index (χ0) is 15.4. The van der Waals surface area contributed by atoms with Crippen molar-refractivity contribution in [2.24, 2.45) is 7.05 Å². The van der Waals surface area contributed by atoms with Crippen molar-refractivity contribution in [1.82, 2.24) is 9.55 Å². The summed E-state index contributed by atoms with van der Waals surface area (Å²) in [7, 11) is 1.95. The molecular weight excluding hydrogens is 264 g/mol. The van der Waals surface area contributed by atoms with Gasteiger partial charge in [0, 0.05) is 19.0 Å². The summed E-state index contributed by atoms with van der Waals surface area (Å²) < 4.78 is 7.21. The molecule has 0 radical (unpaired) electrons. The average Bonchev–Trinajstić information content (AvgIpc) is 2.72. The maximum Gasteiger partial charge on any atom is 0.333 e. The molecule has 110 valence electrons. The Hall–Kier alpha value is -2.36. The minimum atomic E-state index is -0.375. The Morgan fingerprint density at radius 2 is 2.00 bits per heavy atom. The first-order chi connectivity index (χ1) is 9.99. The predicted molar refractivity (Wildman–Crippen MR) is 81.8 cm³/mol. The van der Waals surface area contributed by atoms with Crippen molar-refractivity contribution in [3.05, 3.63) is 65.3 Å². The number of aryl methyl sites for hydroxylation is 1. The van der Waals surface area contributed by atoms with Gasteiger partial charge in [-0.2, -0.15) is 0 Å². The highest BCUT2D eigenvalue weighted by Gasteiger charge is 2.14. The Morgan fingerprint density at radius 1 is 1.33 bits per heavy atom. The molecule has 0 aliphatic rings. The minimum Gasteiger partial charge on any atom is -0.456 e. The number of ether oxygens (including phenoxy) is 1. The van der Waals surface area contributed by atoms with Gasteiger partial charge < -0.3 is 9.30 Å². The van der Waals surface area contributed by atoms with E-state index in [1.54, 1.807) is 6.92 Å². The van der Waals surface area contributed by atoms with Crippen molar-refractivity contribution in [2.45, 2.75) is 26.9 Å². The third-order valence-electron chi connectivity index (χ3n) is 3.40. The average molecular weight is 284 g/mol. The van der Waals surface area contributed by atoms with Crippen molar-refractivity contribution >= 4 is 5.97 Å². The van der Waals surface area contributed by atoms with Crippen LogP contribution in [0.4, 0.5) is 0 Å². The van der Waals surface area contributed by atoms with Gasteiger partial charge in [0.05, 0.1) is 11.4 Å². The molecule has 0 aliphatic carbocycles. The number of aromatic nitrogens is 2. The summed E-state index contributed by atoms with van der Waals surface area (Å²) in [6, 6.07) is 10.2. The third kappa shape index (κ3) is 3.60. The number of carbonyl (C=O) groups excluding carboxylic acids is 1. The smallest absolute Gasteiger partial charge is 0.333 e. The summed E-state index contributed by atoms with van der Waals surface area (Å²) in [6.07, 6.45) is 0.757. The van der Waals surface area contributed by atoms with Gasteiger partial charge in [-0.3, -0.25) is 0 Å². The number of benzene rings is 1. The van der Waals surface area contributed by atoms with Crippen LogP contribution in [0.5, 0.6) is 0 Å². The second-order valence-electron chi connectivity index (χ2n) is 5.14. The van der Waals surface area contributed by atoms with Gasteiger partial charge in [0.2, 0.25) is 0 Å². The molecule has 21 heavy (non-hydrogen) atoms. The van der Waals surface area contributed by atoms with E-state index in [1.165, 1.54) is 5.56 Å². The van der Waals surface area contributed by atoms with Gasteiger partial charge in [-0.25, -0.2) is 9.78 Å². The second kappa shape index (κ2) is 6.39. The van der Waals surface area contributed by atoms with Crippen LogP contribution in [0.25, 0.3) is 0 Å². The number of nitrogens with zero attached hydrogens (tertiary/aromatic N) is 2. The number of carbonyl (C=O) groups is 1. The van der Waals surface area contributed by atoms with Gasteiger partial charge in [0.1, 0.15) is 12.4 Å². The van der Waals surface area contributed by atoms with Crippen LogP contribution >= 0.6 is 0 Å². The van der Waals surface area contributed by atoms with Crippen LogP contribution < -0.4 is 0 Å². The molecule has 0 saturated heterocycles. The van der Waals surface area contributed by atoms with Crippen molar-refractivity contribution in [3.8, 4) is 0 Å². The summed E-state index contributed by atoms with van der Waals surface area (Å²) in [5.41, 5.74) is 3.41. The molecule has 4 heteroatoms. The lowest BCUT2D eigenvalue weighted by atomic mass is 10.1. The lowest BCUT2D eigenvalue weighted by molar-refractivity contribution is -0.140. The van der Waals surface area contributed by atoms with Crippen LogP contribution in [0.15, 0.2) is 42.5 Å². The molecule has 0 bridgehead atoms. The molecule has 2 aromatic rings. The van der Waals surface area contributed by atoms with E-state index in [2.05, 4.69) is 23.7 Å². The Kier molecular flexibility index (Phi) is 4.58. The number of esters is 1. The van der Waals surface area contributed by atoms with Crippen molar-refractivity contribution < 1.29 is 9.53 Å². The fourth-order valence-corrected chi connectivity index (χ4v) is 2.13. The highest BCUT2D eigenvalue weighted by atomic mass is 16.5. The summed E-state index contributed by atoms with van der Waals surface area (Å²) in [4.78, 5) is 16.1. The Bertz CT molecular complexity index is 657. The maximum absolute atomic E-state index is 11.5. The lowest BCUT2D eigenvalue weighted by Gasteiger charge is -2.08. The van der Waals surface area contributed by atoms with Gasteiger partial charge in [-0.05, 0) is 19.4 Å². The van der Waals surface area contributed by atoms with Gasteiger partial charge in [0.15, 0.2) is 0 Å². The first-order valence-corrected chi connectivity index (χ1v) is 6.86. The van der Waals surface area contributed by atoms with Crippen LogP contribution in [0.1, 0.15) is 29.7 Å². The molecule has 4 nitrogen and oxygen atoms in total. The molecule has 0 atom stereocenters. The second-order valence-corrected chi connectivity index (χ2v) is 5.14. The van der Waals surface area contributed by atoms with Gasteiger partial charge >= 0.3 is 5.97 Å². The number of imidazole rings is 1. The molecule has 0 saturated carbocycles. The van der Waals surface area contributed by atoms with E-state index in [1.807, 2.05) is 36.7 Å². The molecule has 2 rings (SSSR count). The summed E-state index contributed by atoms with van der Waals surface area (Å²) in [5.74, 6) is 0.584. The zero-order valence-electron chi connectivity index (χ0n) is 12.7. The molecule has 0 fully saturated rings. The monoisotopic (exact) mass is 284 g/mol.